The standard InChI is InChI=1S/C21H23F2N7O.C4H10.C2H2/c1-26-21(30-28-11-31)18-10-27-9-17(29-18)13-5-2-4-12(20(13)25)8-16(24)19-14(22)6-3-7-15(19)23;1-4(2)3;1-2/h3,6-11,13H,2,4-5,24-25H2,1H3,(H,26,30)(H,28,31);4H,1-3H3;1-2H/b16-8-;;. The Balaban J connectivity index is 0.00000104. The zero-order valence-electron chi connectivity index (χ0n) is 21.6. The molecule has 1 aromatic heterocycles. The first kappa shape index (κ1) is 30.8. The van der Waals surface area contributed by atoms with Gasteiger partial charge in [-0.2, -0.15) is 0 Å². The van der Waals surface area contributed by atoms with Gasteiger partial charge in [0.1, 0.15) is 17.3 Å². The first-order valence-corrected chi connectivity index (χ1v) is 11.7. The van der Waals surface area contributed by atoms with Gasteiger partial charge in [0.05, 0.1) is 17.5 Å². The maximum absolute atomic E-state index is 14.1. The maximum Gasteiger partial charge on any atom is 0.225 e. The average molecular weight is 512 g/mol. The van der Waals surface area contributed by atoms with Crippen LogP contribution in [0, 0.1) is 30.4 Å². The van der Waals surface area contributed by atoms with Crippen LogP contribution in [0.5, 0.6) is 0 Å². The molecule has 37 heavy (non-hydrogen) atoms. The molecule has 0 aliphatic heterocycles. The van der Waals surface area contributed by atoms with Crippen LogP contribution in [0.3, 0.4) is 0 Å². The van der Waals surface area contributed by atoms with Crippen LogP contribution in [0.4, 0.5) is 8.78 Å². The number of nitrogens with two attached hydrogens (primary N) is 2. The summed E-state index contributed by atoms with van der Waals surface area (Å²) < 4.78 is 28.1. The van der Waals surface area contributed by atoms with Crippen LogP contribution >= 0.6 is 0 Å². The number of amides is 1. The van der Waals surface area contributed by atoms with E-state index in [1.807, 2.05) is 0 Å². The Bertz CT molecular complexity index is 1130. The zero-order valence-corrected chi connectivity index (χ0v) is 21.6. The van der Waals surface area contributed by atoms with E-state index < -0.39 is 11.6 Å². The Morgan fingerprint density at radius 1 is 1.22 bits per heavy atom. The van der Waals surface area contributed by atoms with Crippen LogP contribution in [-0.2, 0) is 4.79 Å². The van der Waals surface area contributed by atoms with Gasteiger partial charge in [-0.15, -0.1) is 12.8 Å². The van der Waals surface area contributed by atoms with E-state index in [1.165, 1.54) is 18.3 Å². The minimum absolute atomic E-state index is 0.0291. The highest BCUT2D eigenvalue weighted by Gasteiger charge is 2.24. The topological polar surface area (TPSA) is 131 Å². The van der Waals surface area contributed by atoms with Crippen molar-refractivity contribution in [1.29, 1.82) is 0 Å². The molecule has 198 valence electrons. The molecule has 6 N–H and O–H groups in total. The van der Waals surface area contributed by atoms with Crippen molar-refractivity contribution in [2.45, 2.75) is 46.0 Å². The molecule has 8 nitrogen and oxygen atoms in total. The fourth-order valence-electron chi connectivity index (χ4n) is 3.51. The SMILES string of the molecule is C#C.CC(C)C.CN=C(NNC=O)c1cncc(C2CCCC(/C=C(\N)c3c(F)cccc3F)=C2N)n1. The smallest absolute Gasteiger partial charge is 0.225 e. The highest BCUT2D eigenvalue weighted by atomic mass is 19.1. The number of terminal acetylenes is 1. The predicted molar refractivity (Wildman–Crippen MR) is 144 cm³/mol. The van der Waals surface area contributed by atoms with E-state index in [0.29, 0.717) is 41.3 Å². The van der Waals surface area contributed by atoms with E-state index >= 15 is 0 Å². The maximum atomic E-state index is 14.1. The summed E-state index contributed by atoms with van der Waals surface area (Å²) in [7, 11) is 1.55. The lowest BCUT2D eigenvalue weighted by Gasteiger charge is -2.25. The minimum atomic E-state index is -0.735. The number of nitrogens with zero attached hydrogens (tertiary/aromatic N) is 3. The highest BCUT2D eigenvalue weighted by molar-refractivity contribution is 5.96. The molecule has 0 saturated carbocycles. The van der Waals surface area contributed by atoms with Crippen molar-refractivity contribution in [2.75, 3.05) is 7.05 Å². The molecule has 1 amide bonds. The second-order valence-electron chi connectivity index (χ2n) is 8.64. The number of allylic oxidation sites excluding steroid dienone is 3. The molecule has 1 aromatic carbocycles. The molecule has 1 heterocycles. The summed E-state index contributed by atoms with van der Waals surface area (Å²) in [4.78, 5) is 23.4. The Labute approximate surface area is 217 Å². The summed E-state index contributed by atoms with van der Waals surface area (Å²) in [6, 6.07) is 3.59. The Kier molecular flexibility index (Phi) is 13.0. The van der Waals surface area contributed by atoms with Gasteiger partial charge in [-0.1, -0.05) is 26.8 Å². The Morgan fingerprint density at radius 3 is 2.41 bits per heavy atom. The number of halogens is 2. The van der Waals surface area contributed by atoms with Crippen molar-refractivity contribution in [1.82, 2.24) is 20.8 Å². The zero-order chi connectivity index (χ0) is 28.0. The highest BCUT2D eigenvalue weighted by Crippen LogP contribution is 2.35. The molecule has 1 aliphatic rings. The number of nitrogens with one attached hydrogen (secondary N) is 2. The van der Waals surface area contributed by atoms with Gasteiger partial charge in [0.15, 0.2) is 5.84 Å². The molecule has 0 spiro atoms. The fourth-order valence-corrected chi connectivity index (χ4v) is 3.51. The van der Waals surface area contributed by atoms with Gasteiger partial charge >= 0.3 is 0 Å². The number of amidine groups is 1. The lowest BCUT2D eigenvalue weighted by molar-refractivity contribution is -0.110. The molecule has 1 aliphatic carbocycles. The fraction of sp³-hybridized carbons (Fsp3) is 0.333. The molecule has 3 rings (SSSR count). The van der Waals surface area contributed by atoms with Gasteiger partial charge in [-0.25, -0.2) is 13.8 Å². The second kappa shape index (κ2) is 15.7. The summed E-state index contributed by atoms with van der Waals surface area (Å²) in [5.74, 6) is -0.551. The predicted octanol–water partition coefficient (Wildman–Crippen LogP) is 3.77. The lowest BCUT2D eigenvalue weighted by atomic mass is 9.84. The van der Waals surface area contributed by atoms with Crippen molar-refractivity contribution in [3.8, 4) is 12.8 Å². The van der Waals surface area contributed by atoms with Gasteiger partial charge in [-0.3, -0.25) is 25.6 Å². The molecule has 1 unspecified atom stereocenters. The van der Waals surface area contributed by atoms with Crippen LogP contribution in [0.2, 0.25) is 0 Å². The molecule has 10 heteroatoms. The number of carbonyl (C=O) groups excluding carboxylic acids is 1. The Morgan fingerprint density at radius 2 is 1.84 bits per heavy atom. The van der Waals surface area contributed by atoms with Gasteiger partial charge in [0.25, 0.3) is 0 Å². The molecule has 1 atom stereocenters. The average Bonchev–Trinajstić information content (AvgIpc) is 2.87. The molecule has 0 fully saturated rings. The molecule has 2 aromatic rings. The summed E-state index contributed by atoms with van der Waals surface area (Å²) in [5, 5.41) is 0. The number of hydrogen-bond acceptors (Lipinski definition) is 6. The van der Waals surface area contributed by atoms with Crippen molar-refractivity contribution in [3.05, 3.63) is 76.5 Å². The number of carbonyl (C=O) groups is 1. The van der Waals surface area contributed by atoms with Crippen LogP contribution < -0.4 is 22.3 Å². The van der Waals surface area contributed by atoms with Crippen LogP contribution in [0.1, 0.15) is 62.9 Å². The van der Waals surface area contributed by atoms with Crippen molar-refractivity contribution < 1.29 is 13.6 Å². The van der Waals surface area contributed by atoms with Gasteiger partial charge < -0.3 is 11.5 Å². The summed E-state index contributed by atoms with van der Waals surface area (Å²) in [5.41, 5.74) is 19.3. The number of rotatable bonds is 6. The van der Waals surface area contributed by atoms with Crippen LogP contribution in [-0.4, -0.2) is 29.3 Å². The minimum Gasteiger partial charge on any atom is -0.401 e. The van der Waals surface area contributed by atoms with E-state index in [-0.39, 0.29) is 17.2 Å². The van der Waals surface area contributed by atoms with Crippen LogP contribution in [0.25, 0.3) is 5.70 Å². The summed E-state index contributed by atoms with van der Waals surface area (Å²) in [6.45, 7) is 6.50. The first-order valence-electron chi connectivity index (χ1n) is 11.7. The van der Waals surface area contributed by atoms with Gasteiger partial charge in [0, 0.05) is 30.6 Å². The number of aliphatic imine (C=N–C) groups is 1. The number of benzene rings is 1. The van der Waals surface area contributed by atoms with E-state index in [4.69, 9.17) is 11.5 Å². The Hall–Kier alpha value is -4.26. The van der Waals surface area contributed by atoms with E-state index in [2.05, 4.69) is 59.4 Å². The second-order valence-corrected chi connectivity index (χ2v) is 8.64. The van der Waals surface area contributed by atoms with E-state index in [9.17, 15) is 13.6 Å². The largest absolute Gasteiger partial charge is 0.401 e. The normalized spacial score (nSPS) is 15.6. The summed E-state index contributed by atoms with van der Waals surface area (Å²) >= 11 is 0. The molecule has 0 bridgehead atoms. The van der Waals surface area contributed by atoms with E-state index in [0.717, 1.165) is 30.9 Å². The van der Waals surface area contributed by atoms with Crippen LogP contribution in [0.15, 0.2) is 52.9 Å². The summed E-state index contributed by atoms with van der Waals surface area (Å²) in [6.07, 6.45) is 15.3. The third-order valence-corrected chi connectivity index (χ3v) is 4.99. The van der Waals surface area contributed by atoms with Gasteiger partial charge in [-0.05, 0) is 49.0 Å². The first-order chi connectivity index (χ1) is 17.7. The quantitative estimate of drug-likeness (QED) is 0.154. The third-order valence-electron chi connectivity index (χ3n) is 4.99. The van der Waals surface area contributed by atoms with Gasteiger partial charge in [0.2, 0.25) is 6.41 Å². The lowest BCUT2D eigenvalue weighted by Crippen LogP contribution is -2.37. The molecule has 0 saturated heterocycles. The van der Waals surface area contributed by atoms with Crippen molar-refractivity contribution in [2.24, 2.45) is 22.4 Å². The third kappa shape index (κ3) is 9.04. The monoisotopic (exact) mass is 511 g/mol. The van der Waals surface area contributed by atoms with Crippen molar-refractivity contribution in [3.63, 3.8) is 0 Å². The molecular formula is C27H35F2N7O. The van der Waals surface area contributed by atoms with E-state index in [1.54, 1.807) is 13.2 Å². The van der Waals surface area contributed by atoms with Crippen molar-refractivity contribution >= 4 is 17.9 Å². The number of hydrogen-bond donors (Lipinski definition) is 4. The number of hydrazine groups is 1. The molecule has 0 radical (unpaired) electrons. The molecular weight excluding hydrogens is 476 g/mol. The number of aromatic nitrogens is 2.